The highest BCUT2D eigenvalue weighted by atomic mass is 32.2. The number of likely N-dealkylation sites (tertiary alicyclic amines) is 1. The van der Waals surface area contributed by atoms with Gasteiger partial charge in [0.2, 0.25) is 15.9 Å². The standard InChI is InChI=1S/C39H46N6O8S/c1-7-27-19-39(27,25(5)46)44-37(47)34-17-30(52-35-18-32(26-11-9-8-10-12-26)43-33-16-29(51-6)13-14-31(33)35)22-45(34)38(48)42-28(15-23(2)3)20-41-54(49,50)36-21-40-53-24(36)4/h7-14,16,18,21,23,27-28,30,34,41H,1,15,17,19-20,22H2,2-6H3,(H,42,48)(H,44,47)/t27?,28?,30-,34?,39?/m1/s1. The summed E-state index contributed by atoms with van der Waals surface area (Å²) in [5, 5.41) is 10.2. The molecule has 4 unspecified atom stereocenters. The maximum Gasteiger partial charge on any atom is 0.318 e. The van der Waals surface area contributed by atoms with E-state index < -0.39 is 45.7 Å². The minimum atomic E-state index is -3.98. The van der Waals surface area contributed by atoms with Crippen molar-refractivity contribution in [3.63, 3.8) is 0 Å². The van der Waals surface area contributed by atoms with Crippen LogP contribution in [-0.4, -0.2) is 85.1 Å². The van der Waals surface area contributed by atoms with E-state index >= 15 is 0 Å². The summed E-state index contributed by atoms with van der Waals surface area (Å²) in [7, 11) is -2.40. The molecule has 2 aromatic heterocycles. The molecule has 0 spiro atoms. The Labute approximate surface area is 314 Å². The number of fused-ring (bicyclic) bond motifs is 1. The molecular weight excluding hydrogens is 713 g/mol. The summed E-state index contributed by atoms with van der Waals surface area (Å²) >= 11 is 0. The second kappa shape index (κ2) is 15.6. The molecule has 1 aliphatic carbocycles. The summed E-state index contributed by atoms with van der Waals surface area (Å²) in [6.45, 7) is 10.6. The molecule has 0 radical (unpaired) electrons. The lowest BCUT2D eigenvalue weighted by Crippen LogP contribution is -2.56. The second-order valence-electron chi connectivity index (χ2n) is 14.3. The molecule has 2 aromatic carbocycles. The quantitative estimate of drug-likeness (QED) is 0.143. The number of nitrogens with zero attached hydrogens (tertiary/aromatic N) is 3. The number of aryl methyl sites for hydroxylation is 1. The SMILES string of the molecule is C=CC1CC1(NC(=O)C1C[C@@H](Oc2cc(-c3ccccc3)nc3cc(OC)ccc23)CN1C(=O)NC(CNS(=O)(=O)c1cnoc1C)CC(C)C)C(C)=O. The second-order valence-corrected chi connectivity index (χ2v) is 16.1. The molecule has 1 saturated carbocycles. The van der Waals surface area contributed by atoms with Gasteiger partial charge in [-0.2, -0.15) is 0 Å². The largest absolute Gasteiger partial charge is 0.497 e. The fraction of sp³-hybridized carbons (Fsp3) is 0.410. The van der Waals surface area contributed by atoms with Crippen LogP contribution in [-0.2, 0) is 19.6 Å². The summed E-state index contributed by atoms with van der Waals surface area (Å²) in [6, 6.07) is 14.8. The Hall–Kier alpha value is -5.28. The molecule has 1 saturated heterocycles. The topological polar surface area (TPSA) is 182 Å². The number of sulfonamides is 1. The van der Waals surface area contributed by atoms with Crippen LogP contribution in [0.25, 0.3) is 22.2 Å². The number of methoxy groups -OCH3 is 1. The molecule has 3 N–H and O–H groups in total. The Balaban J connectivity index is 1.28. The molecule has 54 heavy (non-hydrogen) atoms. The number of nitrogens with one attached hydrogen (secondary N) is 3. The highest BCUT2D eigenvalue weighted by Gasteiger charge is 2.58. The highest BCUT2D eigenvalue weighted by Crippen LogP contribution is 2.45. The molecule has 14 nitrogen and oxygen atoms in total. The third-order valence-corrected chi connectivity index (χ3v) is 11.6. The average Bonchev–Trinajstić information content (AvgIpc) is 3.42. The summed E-state index contributed by atoms with van der Waals surface area (Å²) in [6.07, 6.45) is 3.12. The van der Waals surface area contributed by atoms with Crippen LogP contribution >= 0.6 is 0 Å². The molecule has 0 bridgehead atoms. The van der Waals surface area contributed by atoms with Crippen molar-refractivity contribution in [2.45, 2.75) is 75.6 Å². The number of ether oxygens (including phenoxy) is 2. The van der Waals surface area contributed by atoms with Gasteiger partial charge in [-0.15, -0.1) is 6.58 Å². The smallest absolute Gasteiger partial charge is 0.318 e. The first kappa shape index (κ1) is 38.4. The number of Topliss-reactive ketones (excluding diaryl/α,β-unsaturated/α-hetero) is 1. The van der Waals surface area contributed by atoms with Crippen molar-refractivity contribution in [3.05, 3.63) is 79.2 Å². The Morgan fingerprint density at radius 1 is 1.15 bits per heavy atom. The predicted octanol–water partition coefficient (Wildman–Crippen LogP) is 4.78. The van der Waals surface area contributed by atoms with Gasteiger partial charge < -0.3 is 29.5 Å². The van der Waals surface area contributed by atoms with Crippen molar-refractivity contribution >= 4 is 38.6 Å². The molecule has 3 heterocycles. The lowest BCUT2D eigenvalue weighted by atomic mass is 10.0. The number of hydrogen-bond donors (Lipinski definition) is 3. The predicted molar refractivity (Wildman–Crippen MR) is 201 cm³/mol. The van der Waals surface area contributed by atoms with Crippen LogP contribution in [0.4, 0.5) is 4.79 Å². The molecule has 286 valence electrons. The fourth-order valence-electron chi connectivity index (χ4n) is 7.06. The van der Waals surface area contributed by atoms with Crippen LogP contribution in [0.2, 0.25) is 0 Å². The Morgan fingerprint density at radius 2 is 1.91 bits per heavy atom. The van der Waals surface area contributed by atoms with Crippen molar-refractivity contribution in [1.29, 1.82) is 0 Å². The Morgan fingerprint density at radius 3 is 2.54 bits per heavy atom. The van der Waals surface area contributed by atoms with Gasteiger partial charge in [0.15, 0.2) is 11.5 Å². The van der Waals surface area contributed by atoms with Gasteiger partial charge in [0.25, 0.3) is 0 Å². The molecular formula is C39H46N6O8S. The summed E-state index contributed by atoms with van der Waals surface area (Å²) in [5.41, 5.74) is 1.10. The number of urea groups is 1. The van der Waals surface area contributed by atoms with E-state index in [1.54, 1.807) is 13.2 Å². The van der Waals surface area contributed by atoms with E-state index in [0.717, 1.165) is 11.8 Å². The first-order chi connectivity index (χ1) is 25.7. The first-order valence-electron chi connectivity index (χ1n) is 17.9. The van der Waals surface area contributed by atoms with E-state index in [4.69, 9.17) is 19.0 Å². The van der Waals surface area contributed by atoms with Gasteiger partial charge in [0.1, 0.15) is 34.1 Å². The van der Waals surface area contributed by atoms with E-state index in [2.05, 4.69) is 27.1 Å². The average molecular weight is 759 g/mol. The molecule has 4 aromatic rings. The molecule has 2 fully saturated rings. The normalized spacial score (nSPS) is 21.4. The summed E-state index contributed by atoms with van der Waals surface area (Å²) in [5.74, 6) is 0.458. The number of ketones is 1. The number of carbonyl (C=O) groups excluding carboxylic acids is 3. The highest BCUT2D eigenvalue weighted by molar-refractivity contribution is 7.89. The van der Waals surface area contributed by atoms with Gasteiger partial charge in [-0.3, -0.25) is 9.59 Å². The van der Waals surface area contributed by atoms with E-state index in [9.17, 15) is 22.8 Å². The Bertz CT molecular complexity index is 2160. The zero-order valence-electron chi connectivity index (χ0n) is 31.0. The van der Waals surface area contributed by atoms with Crippen molar-refractivity contribution < 1.29 is 36.8 Å². The van der Waals surface area contributed by atoms with E-state index in [1.807, 2.05) is 68.4 Å². The molecule has 3 amide bonds. The summed E-state index contributed by atoms with van der Waals surface area (Å²) in [4.78, 5) is 47.2. The monoisotopic (exact) mass is 758 g/mol. The lowest BCUT2D eigenvalue weighted by Gasteiger charge is -2.29. The van der Waals surface area contributed by atoms with Crippen molar-refractivity contribution in [2.75, 3.05) is 20.2 Å². The summed E-state index contributed by atoms with van der Waals surface area (Å²) < 4.78 is 45.7. The lowest BCUT2D eigenvalue weighted by molar-refractivity contribution is -0.130. The van der Waals surface area contributed by atoms with E-state index in [0.29, 0.717) is 40.9 Å². The van der Waals surface area contributed by atoms with Crippen molar-refractivity contribution in [2.24, 2.45) is 11.8 Å². The number of carbonyl (C=O) groups is 3. The third kappa shape index (κ3) is 8.11. The van der Waals surface area contributed by atoms with Crippen LogP contribution in [0, 0.1) is 18.8 Å². The number of rotatable bonds is 15. The fourth-order valence-corrected chi connectivity index (χ4v) is 8.23. The zero-order chi connectivity index (χ0) is 38.8. The third-order valence-electron chi connectivity index (χ3n) is 10.0. The number of benzene rings is 2. The van der Waals surface area contributed by atoms with E-state index in [-0.39, 0.29) is 47.8 Å². The first-order valence-corrected chi connectivity index (χ1v) is 19.4. The van der Waals surface area contributed by atoms with Gasteiger partial charge in [-0.05, 0) is 44.7 Å². The van der Waals surface area contributed by atoms with E-state index in [1.165, 1.54) is 18.7 Å². The number of pyridine rings is 1. The number of hydrogen-bond acceptors (Lipinski definition) is 10. The maximum absolute atomic E-state index is 14.2. The number of aromatic nitrogens is 2. The molecule has 5 atom stereocenters. The van der Waals surface area contributed by atoms with Crippen LogP contribution in [0.5, 0.6) is 11.5 Å². The Kier molecular flexibility index (Phi) is 11.1. The minimum absolute atomic E-state index is 0.0303. The van der Waals surface area contributed by atoms with Crippen molar-refractivity contribution in [1.82, 2.24) is 30.4 Å². The van der Waals surface area contributed by atoms with Crippen LogP contribution < -0.4 is 24.8 Å². The molecule has 2 aliphatic rings. The van der Waals surface area contributed by atoms with Crippen LogP contribution in [0.15, 0.2) is 82.9 Å². The maximum atomic E-state index is 14.2. The number of amides is 3. The minimum Gasteiger partial charge on any atom is -0.497 e. The van der Waals surface area contributed by atoms with Crippen molar-refractivity contribution in [3.8, 4) is 22.8 Å². The van der Waals surface area contributed by atoms with Gasteiger partial charge >= 0.3 is 6.03 Å². The molecule has 15 heteroatoms. The van der Waals surface area contributed by atoms with Crippen LogP contribution in [0.1, 0.15) is 45.8 Å². The van der Waals surface area contributed by atoms with Gasteiger partial charge in [-0.25, -0.2) is 22.9 Å². The van der Waals surface area contributed by atoms with Crippen LogP contribution in [0.3, 0.4) is 0 Å². The molecule has 1 aliphatic heterocycles. The van der Waals surface area contributed by atoms with Gasteiger partial charge in [0, 0.05) is 48.0 Å². The molecule has 6 rings (SSSR count). The zero-order valence-corrected chi connectivity index (χ0v) is 31.8. The van der Waals surface area contributed by atoms with Gasteiger partial charge in [0.05, 0.1) is 31.1 Å². The van der Waals surface area contributed by atoms with Gasteiger partial charge in [-0.1, -0.05) is 55.4 Å².